The molecule has 0 aliphatic carbocycles. The highest BCUT2D eigenvalue weighted by Gasteiger charge is 1.93. The summed E-state index contributed by atoms with van der Waals surface area (Å²) in [5.74, 6) is 0. The summed E-state index contributed by atoms with van der Waals surface area (Å²) in [5.41, 5.74) is 8.03. The zero-order valence-corrected chi connectivity index (χ0v) is 9.14. The molecular formula is C10H18N2S. The largest absolute Gasteiger partial charge is 0.326 e. The molecule has 0 radical (unpaired) electrons. The second-order valence-corrected chi connectivity index (χ2v) is 5.36. The fourth-order valence-corrected chi connectivity index (χ4v) is 1.54. The first-order chi connectivity index (χ1) is 6.22. The first-order valence-electron chi connectivity index (χ1n) is 4.41. The van der Waals surface area contributed by atoms with Gasteiger partial charge in [0.2, 0.25) is 0 Å². The average molecular weight is 198 g/mol. The molecule has 0 aromatic heterocycles. The van der Waals surface area contributed by atoms with E-state index in [9.17, 15) is 0 Å². The van der Waals surface area contributed by atoms with Crippen molar-refractivity contribution in [1.82, 2.24) is 4.72 Å². The molecule has 0 fully saturated rings. The fourth-order valence-electron chi connectivity index (χ4n) is 1.04. The Balaban J connectivity index is 2.49. The molecule has 13 heavy (non-hydrogen) atoms. The van der Waals surface area contributed by atoms with Crippen LogP contribution in [0.15, 0.2) is 24.3 Å². The summed E-state index contributed by atoms with van der Waals surface area (Å²) in [6.07, 6.45) is 4.42. The van der Waals surface area contributed by atoms with Crippen LogP contribution in [-0.2, 0) is 13.1 Å². The topological polar surface area (TPSA) is 38.0 Å². The van der Waals surface area contributed by atoms with Crippen LogP contribution in [0.3, 0.4) is 0 Å². The summed E-state index contributed by atoms with van der Waals surface area (Å²) >= 11 is -0.0101. The van der Waals surface area contributed by atoms with Crippen LogP contribution < -0.4 is 10.5 Å². The SMILES string of the molecule is C[SH](C)NCc1ccc(CN)cc1. The number of nitrogens with one attached hydrogen (secondary N) is 1. The van der Waals surface area contributed by atoms with Crippen molar-refractivity contribution < 1.29 is 0 Å². The average Bonchev–Trinajstić information content (AvgIpc) is 2.15. The molecular weight excluding hydrogens is 180 g/mol. The van der Waals surface area contributed by atoms with Crippen molar-refractivity contribution in [3.05, 3.63) is 35.4 Å². The molecule has 0 unspecified atom stereocenters. The highest BCUT2D eigenvalue weighted by atomic mass is 32.2. The van der Waals surface area contributed by atoms with E-state index in [1.807, 2.05) is 0 Å². The monoisotopic (exact) mass is 198 g/mol. The van der Waals surface area contributed by atoms with Gasteiger partial charge in [-0.15, -0.1) is 0 Å². The maximum atomic E-state index is 5.51. The van der Waals surface area contributed by atoms with Crippen LogP contribution in [0.2, 0.25) is 0 Å². The van der Waals surface area contributed by atoms with Gasteiger partial charge in [0.15, 0.2) is 0 Å². The van der Waals surface area contributed by atoms with Gasteiger partial charge in [-0.25, -0.2) is 11.1 Å². The van der Waals surface area contributed by atoms with Gasteiger partial charge in [0.05, 0.1) is 0 Å². The normalized spacial score (nSPS) is 11.5. The zero-order valence-electron chi connectivity index (χ0n) is 8.25. The second-order valence-electron chi connectivity index (χ2n) is 3.25. The molecule has 0 spiro atoms. The van der Waals surface area contributed by atoms with Crippen molar-refractivity contribution in [1.29, 1.82) is 0 Å². The molecule has 0 saturated carbocycles. The van der Waals surface area contributed by atoms with Gasteiger partial charge in [-0.05, 0) is 23.6 Å². The third-order valence-corrected chi connectivity index (χ3v) is 2.65. The van der Waals surface area contributed by atoms with E-state index in [0.717, 1.165) is 6.54 Å². The van der Waals surface area contributed by atoms with E-state index >= 15 is 0 Å². The lowest BCUT2D eigenvalue weighted by Crippen LogP contribution is -2.07. The van der Waals surface area contributed by atoms with E-state index in [1.54, 1.807) is 0 Å². The third-order valence-electron chi connectivity index (χ3n) is 1.86. The van der Waals surface area contributed by atoms with E-state index in [2.05, 4.69) is 41.5 Å². The molecule has 2 nitrogen and oxygen atoms in total. The Hall–Kier alpha value is -0.510. The van der Waals surface area contributed by atoms with E-state index in [1.165, 1.54) is 11.1 Å². The highest BCUT2D eigenvalue weighted by molar-refractivity contribution is 8.14. The molecule has 3 heteroatoms. The molecule has 3 N–H and O–H groups in total. The number of rotatable bonds is 4. The first-order valence-corrected chi connectivity index (χ1v) is 6.64. The lowest BCUT2D eigenvalue weighted by Gasteiger charge is -2.11. The van der Waals surface area contributed by atoms with Gasteiger partial charge in [-0.3, -0.25) is 4.72 Å². The van der Waals surface area contributed by atoms with Crippen molar-refractivity contribution in [3.63, 3.8) is 0 Å². The summed E-state index contributed by atoms with van der Waals surface area (Å²) in [5, 5.41) is 0. The smallest absolute Gasteiger partial charge is 0.0292 e. The van der Waals surface area contributed by atoms with Crippen LogP contribution in [0.25, 0.3) is 0 Å². The molecule has 0 bridgehead atoms. The molecule has 0 aliphatic heterocycles. The molecule has 0 aliphatic rings. The third kappa shape index (κ3) is 3.81. The standard InChI is InChI=1S/C10H18N2S/c1-13(2)12-8-10-5-3-9(7-11)4-6-10/h3-6,12-13H,7-8,11H2,1-2H3. The number of hydrogen-bond donors (Lipinski definition) is 3. The Bertz CT molecular complexity index is 244. The summed E-state index contributed by atoms with van der Waals surface area (Å²) < 4.78 is 3.43. The predicted molar refractivity (Wildman–Crippen MR) is 62.0 cm³/mol. The summed E-state index contributed by atoms with van der Waals surface area (Å²) in [4.78, 5) is 0. The maximum Gasteiger partial charge on any atom is 0.0292 e. The molecule has 1 aromatic carbocycles. The minimum atomic E-state index is -0.0101. The van der Waals surface area contributed by atoms with Crippen LogP contribution in [0.4, 0.5) is 0 Å². The zero-order chi connectivity index (χ0) is 9.68. The number of hydrogen-bond acceptors (Lipinski definition) is 2. The summed E-state index contributed by atoms with van der Waals surface area (Å²) in [6, 6.07) is 8.44. The van der Waals surface area contributed by atoms with Crippen LogP contribution in [0.1, 0.15) is 11.1 Å². The lowest BCUT2D eigenvalue weighted by atomic mass is 10.1. The van der Waals surface area contributed by atoms with Gasteiger partial charge in [-0.1, -0.05) is 24.3 Å². The van der Waals surface area contributed by atoms with Crippen LogP contribution >= 0.6 is 11.1 Å². The van der Waals surface area contributed by atoms with Gasteiger partial charge < -0.3 is 5.73 Å². The van der Waals surface area contributed by atoms with E-state index in [4.69, 9.17) is 5.73 Å². The minimum absolute atomic E-state index is 0.0101. The Morgan fingerprint density at radius 1 is 1.15 bits per heavy atom. The number of thiol groups is 1. The van der Waals surface area contributed by atoms with Crippen LogP contribution in [0.5, 0.6) is 0 Å². The predicted octanol–water partition coefficient (Wildman–Crippen LogP) is 1.41. The second kappa shape index (κ2) is 5.27. The van der Waals surface area contributed by atoms with E-state index < -0.39 is 0 Å². The van der Waals surface area contributed by atoms with Crippen molar-refractivity contribution in [2.45, 2.75) is 13.1 Å². The summed E-state index contributed by atoms with van der Waals surface area (Å²) in [7, 11) is 0. The van der Waals surface area contributed by atoms with Crippen LogP contribution in [0, 0.1) is 0 Å². The van der Waals surface area contributed by atoms with Gasteiger partial charge >= 0.3 is 0 Å². The maximum absolute atomic E-state index is 5.51. The molecule has 0 saturated heterocycles. The Morgan fingerprint density at radius 3 is 2.15 bits per heavy atom. The minimum Gasteiger partial charge on any atom is -0.326 e. The Labute approximate surface area is 83.0 Å². The molecule has 0 amide bonds. The Morgan fingerprint density at radius 2 is 1.69 bits per heavy atom. The molecule has 74 valence electrons. The Kier molecular flexibility index (Phi) is 4.28. The molecule has 0 atom stereocenters. The molecule has 0 heterocycles. The van der Waals surface area contributed by atoms with E-state index in [-0.39, 0.29) is 11.1 Å². The first kappa shape index (κ1) is 10.6. The summed E-state index contributed by atoms with van der Waals surface area (Å²) in [6.45, 7) is 1.59. The highest BCUT2D eigenvalue weighted by Crippen LogP contribution is 2.09. The van der Waals surface area contributed by atoms with Gasteiger partial charge in [0, 0.05) is 13.1 Å². The number of benzene rings is 1. The van der Waals surface area contributed by atoms with Crippen molar-refractivity contribution >= 4 is 11.1 Å². The number of nitrogens with two attached hydrogens (primary N) is 1. The quantitative estimate of drug-likeness (QED) is 0.640. The molecule has 1 aromatic rings. The van der Waals surface area contributed by atoms with Gasteiger partial charge in [0.1, 0.15) is 0 Å². The van der Waals surface area contributed by atoms with Crippen molar-refractivity contribution in [2.24, 2.45) is 5.73 Å². The lowest BCUT2D eigenvalue weighted by molar-refractivity contribution is 0.967. The van der Waals surface area contributed by atoms with Gasteiger partial charge in [0.25, 0.3) is 0 Å². The van der Waals surface area contributed by atoms with Crippen LogP contribution in [-0.4, -0.2) is 12.5 Å². The van der Waals surface area contributed by atoms with Crippen molar-refractivity contribution in [2.75, 3.05) is 12.5 Å². The van der Waals surface area contributed by atoms with E-state index in [0.29, 0.717) is 6.54 Å². The van der Waals surface area contributed by atoms with Crippen molar-refractivity contribution in [3.8, 4) is 0 Å². The fraction of sp³-hybridized carbons (Fsp3) is 0.400. The molecule has 1 rings (SSSR count). The van der Waals surface area contributed by atoms with Gasteiger partial charge in [-0.2, -0.15) is 0 Å².